The van der Waals surface area contributed by atoms with Crippen LogP contribution in [-0.2, 0) is 38.4 Å². The lowest BCUT2D eigenvalue weighted by Gasteiger charge is -2.31. The molecule has 49 heavy (non-hydrogen) atoms. The van der Waals surface area contributed by atoms with Crippen molar-refractivity contribution in [1.82, 2.24) is 16.0 Å². The van der Waals surface area contributed by atoms with Crippen molar-refractivity contribution in [1.29, 1.82) is 0 Å². The van der Waals surface area contributed by atoms with Crippen LogP contribution in [0.1, 0.15) is 64.2 Å². The van der Waals surface area contributed by atoms with Gasteiger partial charge in [-0.3, -0.25) is 14.4 Å². The Morgan fingerprint density at radius 2 is 1.22 bits per heavy atom. The maximum Gasteiger partial charge on any atom is 0.407 e. The molecule has 3 rings (SSSR count). The molecule has 3 aromatic rings. The average Bonchev–Trinajstić information content (AvgIpc) is 3.06. The van der Waals surface area contributed by atoms with E-state index in [1.807, 2.05) is 105 Å². The second-order valence-electron chi connectivity index (χ2n) is 13.7. The summed E-state index contributed by atoms with van der Waals surface area (Å²) in [7, 11) is 0. The first-order valence-corrected chi connectivity index (χ1v) is 16.9. The Morgan fingerprint density at radius 3 is 1.69 bits per heavy atom. The first kappa shape index (κ1) is 38.7. The van der Waals surface area contributed by atoms with E-state index in [2.05, 4.69) is 16.0 Å². The Balaban J connectivity index is 1.86. The lowest BCUT2D eigenvalue weighted by molar-refractivity contribution is -0.134. The Labute approximate surface area is 290 Å². The highest BCUT2D eigenvalue weighted by atomic mass is 16.6. The van der Waals surface area contributed by atoms with Gasteiger partial charge in [-0.25, -0.2) is 4.79 Å². The van der Waals surface area contributed by atoms with Gasteiger partial charge in [-0.05, 0) is 62.6 Å². The van der Waals surface area contributed by atoms with Gasteiger partial charge in [0.15, 0.2) is 0 Å². The highest BCUT2D eigenvalue weighted by Crippen LogP contribution is 2.21. The quantitative estimate of drug-likeness (QED) is 0.142. The van der Waals surface area contributed by atoms with Crippen LogP contribution in [-0.4, -0.2) is 58.8 Å². The molecular weight excluding hydrogens is 620 g/mol. The summed E-state index contributed by atoms with van der Waals surface area (Å²) >= 11 is 0. The predicted molar refractivity (Wildman–Crippen MR) is 190 cm³/mol. The van der Waals surface area contributed by atoms with E-state index in [-0.39, 0.29) is 25.2 Å². The van der Waals surface area contributed by atoms with Crippen LogP contribution >= 0.6 is 0 Å². The fraction of sp³-hybridized carbons (Fsp3) is 0.436. The number of rotatable bonds is 17. The van der Waals surface area contributed by atoms with Crippen molar-refractivity contribution >= 4 is 23.8 Å². The number of benzene rings is 3. The Morgan fingerprint density at radius 1 is 0.735 bits per heavy atom. The predicted octanol–water partition coefficient (Wildman–Crippen LogP) is 4.48. The summed E-state index contributed by atoms with van der Waals surface area (Å²) in [5.74, 6) is -2.69. The summed E-state index contributed by atoms with van der Waals surface area (Å²) < 4.78 is 5.49. The summed E-state index contributed by atoms with van der Waals surface area (Å²) in [5, 5.41) is 20.2. The highest BCUT2D eigenvalue weighted by molar-refractivity contribution is 5.92. The Kier molecular flexibility index (Phi) is 14.8. The molecule has 10 nitrogen and oxygen atoms in total. The number of hydrogen-bond acceptors (Lipinski definition) is 6. The van der Waals surface area contributed by atoms with Crippen molar-refractivity contribution in [3.8, 4) is 0 Å². The summed E-state index contributed by atoms with van der Waals surface area (Å²) in [6.45, 7) is 9.03. The smallest absolute Gasteiger partial charge is 0.407 e. The molecule has 264 valence electrons. The molecular formula is C39H52N4O6. The monoisotopic (exact) mass is 672 g/mol. The number of carbonyl (C=O) groups is 4. The molecule has 0 heterocycles. The van der Waals surface area contributed by atoms with Gasteiger partial charge in [0.1, 0.15) is 17.7 Å². The van der Waals surface area contributed by atoms with Gasteiger partial charge in [-0.15, -0.1) is 0 Å². The lowest BCUT2D eigenvalue weighted by Crippen LogP contribution is -2.56. The van der Waals surface area contributed by atoms with Gasteiger partial charge in [-0.2, -0.15) is 0 Å². The molecule has 10 heteroatoms. The number of amides is 4. The van der Waals surface area contributed by atoms with Crippen molar-refractivity contribution < 1.29 is 29.0 Å². The molecule has 0 saturated carbocycles. The van der Waals surface area contributed by atoms with E-state index in [0.29, 0.717) is 12.8 Å². The van der Waals surface area contributed by atoms with Crippen molar-refractivity contribution in [3.63, 3.8) is 0 Å². The number of ether oxygens (including phenoxy) is 1. The number of primary amides is 1. The van der Waals surface area contributed by atoms with E-state index in [9.17, 15) is 24.3 Å². The molecule has 0 aromatic heterocycles. The van der Waals surface area contributed by atoms with Crippen molar-refractivity contribution in [2.24, 2.45) is 17.6 Å². The Bertz CT molecular complexity index is 1480. The van der Waals surface area contributed by atoms with Gasteiger partial charge < -0.3 is 31.5 Å². The average molecular weight is 673 g/mol. The standard InChI is InChI=1S/C39H52N4O6/c1-6-26(2)34(37(47)41-32(35(40)45)24-29-20-14-9-15-21-29)43-36(46)30(22-27-16-10-7-11-17-27)25-33(44)31(23-28-18-12-8-13-19-28)42-38(48)49-39(3,4)5/h7-21,26,30-34,44H,6,22-25H2,1-5H3,(H2,40,45)(H,41,47)(H,42,48)(H,43,46)/t26?,30-,31+,32+,33-,34+/m1/s1. The van der Waals surface area contributed by atoms with Crippen LogP contribution in [0.2, 0.25) is 0 Å². The van der Waals surface area contributed by atoms with Gasteiger partial charge in [0, 0.05) is 12.3 Å². The number of nitrogens with two attached hydrogens (primary N) is 1. The van der Waals surface area contributed by atoms with Crippen molar-refractivity contribution in [2.45, 2.75) is 96.6 Å². The summed E-state index contributed by atoms with van der Waals surface area (Å²) in [6, 6.07) is 25.4. The van der Waals surface area contributed by atoms with E-state index in [0.717, 1.165) is 16.7 Å². The van der Waals surface area contributed by atoms with Crippen LogP contribution in [0.25, 0.3) is 0 Å². The third-order valence-corrected chi connectivity index (χ3v) is 8.42. The maximum atomic E-state index is 14.1. The minimum atomic E-state index is -1.15. The Hall–Kier alpha value is -4.70. The first-order chi connectivity index (χ1) is 23.3. The van der Waals surface area contributed by atoms with E-state index in [4.69, 9.17) is 10.5 Å². The number of alkyl carbamates (subject to hydrolysis) is 1. The SMILES string of the molecule is CCC(C)[C@H](NC(=O)[C@H](Cc1ccccc1)C[C@@H](O)[C@H](Cc1ccccc1)NC(=O)OC(C)(C)C)C(=O)N[C@@H](Cc1ccccc1)C(N)=O. The summed E-state index contributed by atoms with van der Waals surface area (Å²) in [5.41, 5.74) is 7.52. The number of carbonyl (C=O) groups excluding carboxylic acids is 4. The number of aliphatic hydroxyl groups excluding tert-OH is 1. The molecule has 6 N–H and O–H groups in total. The molecule has 1 unspecified atom stereocenters. The zero-order chi connectivity index (χ0) is 36.0. The zero-order valence-corrected chi connectivity index (χ0v) is 29.2. The number of nitrogens with one attached hydrogen (secondary N) is 3. The van der Waals surface area contributed by atoms with Crippen LogP contribution in [0, 0.1) is 11.8 Å². The van der Waals surface area contributed by atoms with Gasteiger partial charge in [-0.1, -0.05) is 111 Å². The van der Waals surface area contributed by atoms with E-state index >= 15 is 0 Å². The van der Waals surface area contributed by atoms with Crippen LogP contribution in [0.3, 0.4) is 0 Å². The van der Waals surface area contributed by atoms with Gasteiger partial charge in [0.2, 0.25) is 17.7 Å². The first-order valence-electron chi connectivity index (χ1n) is 16.9. The number of aliphatic hydroxyl groups is 1. The fourth-order valence-corrected chi connectivity index (χ4v) is 5.55. The van der Waals surface area contributed by atoms with Crippen LogP contribution in [0.15, 0.2) is 91.0 Å². The number of hydrogen-bond donors (Lipinski definition) is 5. The minimum Gasteiger partial charge on any atom is -0.444 e. The topological polar surface area (TPSA) is 160 Å². The molecule has 6 atom stereocenters. The van der Waals surface area contributed by atoms with E-state index in [1.165, 1.54) is 0 Å². The molecule has 0 saturated heterocycles. The highest BCUT2D eigenvalue weighted by Gasteiger charge is 2.34. The maximum absolute atomic E-state index is 14.1. The van der Waals surface area contributed by atoms with Crippen molar-refractivity contribution in [3.05, 3.63) is 108 Å². The molecule has 0 aliphatic heterocycles. The summed E-state index contributed by atoms with van der Waals surface area (Å²) in [4.78, 5) is 53.0. The van der Waals surface area contributed by atoms with Gasteiger partial charge in [0.05, 0.1) is 12.1 Å². The third kappa shape index (κ3) is 13.4. The van der Waals surface area contributed by atoms with Crippen LogP contribution in [0.4, 0.5) is 4.79 Å². The molecule has 0 fully saturated rings. The summed E-state index contributed by atoms with van der Waals surface area (Å²) in [6.07, 6.45) is -0.475. The van der Waals surface area contributed by atoms with E-state index in [1.54, 1.807) is 20.8 Å². The van der Waals surface area contributed by atoms with Crippen LogP contribution < -0.4 is 21.7 Å². The fourth-order valence-electron chi connectivity index (χ4n) is 5.55. The molecule has 0 aliphatic carbocycles. The molecule has 0 aliphatic rings. The second kappa shape index (κ2) is 18.7. The zero-order valence-electron chi connectivity index (χ0n) is 29.2. The normalized spacial score (nSPS) is 15.1. The van der Waals surface area contributed by atoms with Crippen LogP contribution in [0.5, 0.6) is 0 Å². The van der Waals surface area contributed by atoms with Gasteiger partial charge >= 0.3 is 6.09 Å². The molecule has 4 amide bonds. The van der Waals surface area contributed by atoms with E-state index < -0.39 is 59.6 Å². The molecule has 0 bridgehead atoms. The van der Waals surface area contributed by atoms with Gasteiger partial charge in [0.25, 0.3) is 0 Å². The van der Waals surface area contributed by atoms with Crippen molar-refractivity contribution in [2.75, 3.05) is 0 Å². The molecule has 3 aromatic carbocycles. The molecule has 0 radical (unpaired) electrons. The largest absolute Gasteiger partial charge is 0.444 e. The second-order valence-corrected chi connectivity index (χ2v) is 13.7. The lowest BCUT2D eigenvalue weighted by atomic mass is 9.88. The third-order valence-electron chi connectivity index (χ3n) is 8.42. The molecule has 0 spiro atoms. The minimum absolute atomic E-state index is 0.0131.